The molecule has 3 aromatic heterocycles. The summed E-state index contributed by atoms with van der Waals surface area (Å²) in [6, 6.07) is 11.6. The highest BCUT2D eigenvalue weighted by molar-refractivity contribution is 5.94. The molecule has 178 valence electrons. The van der Waals surface area contributed by atoms with Crippen molar-refractivity contribution in [2.75, 3.05) is 20.2 Å². The first-order chi connectivity index (χ1) is 17.2. The summed E-state index contributed by atoms with van der Waals surface area (Å²) in [4.78, 5) is 36.2. The minimum atomic E-state index is 0.0498. The molecule has 1 fully saturated rings. The number of hydrogen-bond acceptors (Lipinski definition) is 6. The largest absolute Gasteiger partial charge is 0.496 e. The molecular weight excluding hydrogens is 440 g/mol. The Hall–Kier alpha value is -4.07. The molecule has 0 bridgehead atoms. The van der Waals surface area contributed by atoms with Crippen molar-refractivity contribution in [3.63, 3.8) is 0 Å². The number of aromatic nitrogens is 5. The molecule has 1 aliphatic rings. The number of likely N-dealkylation sites (tertiary alicyclic amines) is 1. The Morgan fingerprint density at radius 1 is 1.14 bits per heavy atom. The van der Waals surface area contributed by atoms with E-state index in [0.29, 0.717) is 30.3 Å². The van der Waals surface area contributed by atoms with E-state index < -0.39 is 0 Å². The molecule has 4 aromatic rings. The van der Waals surface area contributed by atoms with Gasteiger partial charge in [-0.15, -0.1) is 0 Å². The van der Waals surface area contributed by atoms with Crippen molar-refractivity contribution in [2.24, 2.45) is 5.92 Å². The maximum atomic E-state index is 13.4. The van der Waals surface area contributed by atoms with Gasteiger partial charge in [0.05, 0.1) is 19.0 Å². The third kappa shape index (κ3) is 5.37. The van der Waals surface area contributed by atoms with Gasteiger partial charge in [0, 0.05) is 61.1 Å². The number of benzene rings is 1. The predicted molar refractivity (Wildman–Crippen MR) is 132 cm³/mol. The topological polar surface area (TPSA) is 96.9 Å². The maximum Gasteiger partial charge on any atom is 0.253 e. The van der Waals surface area contributed by atoms with Gasteiger partial charge >= 0.3 is 0 Å². The average molecular weight is 469 g/mol. The zero-order valence-corrected chi connectivity index (χ0v) is 19.7. The van der Waals surface area contributed by atoms with E-state index in [1.54, 1.807) is 44.2 Å². The second kappa shape index (κ2) is 10.5. The summed E-state index contributed by atoms with van der Waals surface area (Å²) in [5.41, 5.74) is 4.21. The fourth-order valence-corrected chi connectivity index (χ4v) is 4.67. The SMILES string of the molecule is COc1ccccc1Cc1cc(C(=O)N2CCC[C@@H](Cc3cncc(-c4ncc[nH]4)n3)C2)ccn1. The second-order valence-electron chi connectivity index (χ2n) is 8.82. The van der Waals surface area contributed by atoms with Crippen LogP contribution < -0.4 is 4.74 Å². The highest BCUT2D eigenvalue weighted by atomic mass is 16.5. The molecule has 1 amide bonds. The van der Waals surface area contributed by atoms with Gasteiger partial charge in [0.2, 0.25) is 0 Å². The summed E-state index contributed by atoms with van der Waals surface area (Å²) in [6.07, 6.45) is 12.1. The van der Waals surface area contributed by atoms with Gasteiger partial charge < -0.3 is 14.6 Å². The van der Waals surface area contributed by atoms with Gasteiger partial charge in [-0.2, -0.15) is 0 Å². The molecule has 0 aliphatic carbocycles. The Labute approximate surface area is 204 Å². The van der Waals surface area contributed by atoms with Gasteiger partial charge in [-0.3, -0.25) is 14.8 Å². The maximum absolute atomic E-state index is 13.4. The molecule has 0 saturated carbocycles. The van der Waals surface area contributed by atoms with Gasteiger partial charge in [-0.05, 0) is 43.4 Å². The fraction of sp³-hybridized carbons (Fsp3) is 0.296. The van der Waals surface area contributed by atoms with E-state index in [0.717, 1.165) is 54.2 Å². The van der Waals surface area contributed by atoms with Crippen LogP contribution >= 0.6 is 0 Å². The number of H-pyrrole nitrogens is 1. The van der Waals surface area contributed by atoms with Crippen molar-refractivity contribution in [2.45, 2.75) is 25.7 Å². The number of ether oxygens (including phenoxy) is 1. The van der Waals surface area contributed by atoms with Crippen molar-refractivity contribution < 1.29 is 9.53 Å². The van der Waals surface area contributed by atoms with Crippen LogP contribution in [0.3, 0.4) is 0 Å². The summed E-state index contributed by atoms with van der Waals surface area (Å²) < 4.78 is 5.46. The first kappa shape index (κ1) is 22.7. The normalized spacial score (nSPS) is 15.7. The number of imidazole rings is 1. The average Bonchev–Trinajstić information content (AvgIpc) is 3.44. The van der Waals surface area contributed by atoms with E-state index in [1.807, 2.05) is 35.2 Å². The van der Waals surface area contributed by atoms with Gasteiger partial charge in [0.15, 0.2) is 5.82 Å². The van der Waals surface area contributed by atoms with Gasteiger partial charge in [0.1, 0.15) is 11.4 Å². The van der Waals surface area contributed by atoms with E-state index in [2.05, 4.69) is 19.9 Å². The molecule has 0 radical (unpaired) electrons. The lowest BCUT2D eigenvalue weighted by Crippen LogP contribution is -2.40. The number of carbonyl (C=O) groups excluding carboxylic acids is 1. The van der Waals surface area contributed by atoms with Crippen LogP contribution in [0.25, 0.3) is 11.5 Å². The van der Waals surface area contributed by atoms with Crippen LogP contribution in [0.4, 0.5) is 0 Å². The molecular formula is C27H28N6O2. The number of hydrogen-bond donors (Lipinski definition) is 1. The van der Waals surface area contributed by atoms with E-state index in [-0.39, 0.29) is 5.91 Å². The Bertz CT molecular complexity index is 1290. The van der Waals surface area contributed by atoms with Gasteiger partial charge in [0.25, 0.3) is 5.91 Å². The zero-order valence-electron chi connectivity index (χ0n) is 19.7. The fourth-order valence-electron chi connectivity index (χ4n) is 4.67. The van der Waals surface area contributed by atoms with Crippen LogP contribution in [0, 0.1) is 5.92 Å². The Balaban J connectivity index is 1.26. The molecule has 0 unspecified atom stereocenters. The quantitative estimate of drug-likeness (QED) is 0.441. The lowest BCUT2D eigenvalue weighted by molar-refractivity contribution is 0.0672. The minimum Gasteiger partial charge on any atom is -0.496 e. The monoisotopic (exact) mass is 468 g/mol. The van der Waals surface area contributed by atoms with Crippen LogP contribution in [0.15, 0.2) is 67.4 Å². The number of amides is 1. The minimum absolute atomic E-state index is 0.0498. The van der Waals surface area contributed by atoms with Crippen molar-refractivity contribution in [1.29, 1.82) is 0 Å². The summed E-state index contributed by atoms with van der Waals surface area (Å²) >= 11 is 0. The molecule has 0 spiro atoms. The van der Waals surface area contributed by atoms with Crippen LogP contribution in [0.5, 0.6) is 5.75 Å². The van der Waals surface area contributed by atoms with E-state index in [9.17, 15) is 4.79 Å². The number of nitrogens with zero attached hydrogens (tertiary/aromatic N) is 5. The smallest absolute Gasteiger partial charge is 0.253 e. The third-order valence-electron chi connectivity index (χ3n) is 6.36. The molecule has 1 atom stereocenters. The zero-order chi connectivity index (χ0) is 24.0. The van der Waals surface area contributed by atoms with E-state index in [1.165, 1.54) is 0 Å². The summed E-state index contributed by atoms with van der Waals surface area (Å²) in [7, 11) is 1.66. The summed E-state index contributed by atoms with van der Waals surface area (Å²) in [5, 5.41) is 0. The molecule has 8 nitrogen and oxygen atoms in total. The number of nitrogens with one attached hydrogen (secondary N) is 1. The van der Waals surface area contributed by atoms with E-state index >= 15 is 0 Å². The van der Waals surface area contributed by atoms with Crippen LogP contribution in [0.2, 0.25) is 0 Å². The lowest BCUT2D eigenvalue weighted by Gasteiger charge is -2.32. The molecule has 8 heteroatoms. The van der Waals surface area contributed by atoms with Gasteiger partial charge in [-0.25, -0.2) is 9.97 Å². The number of piperidine rings is 1. The van der Waals surface area contributed by atoms with Crippen molar-refractivity contribution in [3.8, 4) is 17.3 Å². The van der Waals surface area contributed by atoms with Crippen molar-refractivity contribution in [1.82, 2.24) is 29.8 Å². The second-order valence-corrected chi connectivity index (χ2v) is 8.82. The van der Waals surface area contributed by atoms with Crippen LogP contribution in [-0.2, 0) is 12.8 Å². The Kier molecular flexibility index (Phi) is 6.79. The summed E-state index contributed by atoms with van der Waals surface area (Å²) in [5.74, 6) is 1.92. The first-order valence-corrected chi connectivity index (χ1v) is 11.9. The number of para-hydroxylation sites is 1. The highest BCUT2D eigenvalue weighted by Gasteiger charge is 2.25. The third-order valence-corrected chi connectivity index (χ3v) is 6.36. The molecule has 1 saturated heterocycles. The number of carbonyl (C=O) groups is 1. The Morgan fingerprint density at radius 3 is 2.91 bits per heavy atom. The number of rotatable bonds is 7. The molecule has 4 heterocycles. The number of methoxy groups -OCH3 is 1. The van der Waals surface area contributed by atoms with E-state index in [4.69, 9.17) is 9.72 Å². The highest BCUT2D eigenvalue weighted by Crippen LogP contribution is 2.24. The number of pyridine rings is 1. The Morgan fingerprint density at radius 2 is 2.06 bits per heavy atom. The predicted octanol–water partition coefficient (Wildman–Crippen LogP) is 3.96. The van der Waals surface area contributed by atoms with Crippen molar-refractivity contribution in [3.05, 3.63) is 89.9 Å². The molecule has 1 aromatic carbocycles. The van der Waals surface area contributed by atoms with Gasteiger partial charge in [-0.1, -0.05) is 18.2 Å². The lowest BCUT2D eigenvalue weighted by atomic mass is 9.93. The molecule has 5 rings (SSSR count). The molecule has 35 heavy (non-hydrogen) atoms. The molecule has 1 N–H and O–H groups in total. The standard InChI is InChI=1S/C27H28N6O2/c1-35-25-7-3-2-6-20(25)14-22-15-21(8-9-29-22)27(34)33-12-4-5-19(18-33)13-23-16-28-17-24(32-23)26-30-10-11-31-26/h2-3,6-11,15-17,19H,4-5,12-14,18H2,1H3,(H,30,31)/t19-/m0/s1. The molecule has 1 aliphatic heterocycles. The van der Waals surface area contributed by atoms with Crippen LogP contribution in [0.1, 0.15) is 40.2 Å². The summed E-state index contributed by atoms with van der Waals surface area (Å²) in [6.45, 7) is 1.47. The van der Waals surface area contributed by atoms with Crippen molar-refractivity contribution >= 4 is 5.91 Å². The van der Waals surface area contributed by atoms with Crippen LogP contribution in [-0.4, -0.2) is 55.9 Å². The number of aromatic amines is 1. The first-order valence-electron chi connectivity index (χ1n) is 11.9.